The second-order valence-corrected chi connectivity index (χ2v) is 12.1. The largest absolute Gasteiger partial charge is 0.338 e. The van der Waals surface area contributed by atoms with Gasteiger partial charge >= 0.3 is 0 Å². The molecule has 10 nitrogen and oxygen atoms in total. The molecule has 1 aliphatic rings. The lowest BCUT2D eigenvalue weighted by molar-refractivity contribution is -0.136. The Kier molecular flexibility index (Phi) is 9.15. The number of amides is 1. The van der Waals surface area contributed by atoms with Gasteiger partial charge in [0.25, 0.3) is 0 Å². The molecule has 0 fully saturated rings. The van der Waals surface area contributed by atoms with Gasteiger partial charge in [0, 0.05) is 75.4 Å². The Balaban J connectivity index is 1.46. The summed E-state index contributed by atoms with van der Waals surface area (Å²) in [5.41, 5.74) is 1.84. The smallest absolute Gasteiger partial charge is 0.243 e. The normalized spacial score (nSPS) is 16.9. The Bertz CT molecular complexity index is 1530. The molecule has 0 saturated carbocycles. The number of hydrogen-bond acceptors (Lipinski definition) is 7. The van der Waals surface area contributed by atoms with Gasteiger partial charge in [-0.25, -0.2) is 8.42 Å². The number of pyridine rings is 2. The maximum absolute atomic E-state index is 13.9. The summed E-state index contributed by atoms with van der Waals surface area (Å²) in [6, 6.07) is 16.1. The van der Waals surface area contributed by atoms with Crippen molar-refractivity contribution in [2.75, 3.05) is 19.6 Å². The van der Waals surface area contributed by atoms with Crippen molar-refractivity contribution in [2.24, 2.45) is 5.92 Å². The molecule has 0 bridgehead atoms. The average Bonchev–Trinajstić information content (AvgIpc) is 3.40. The monoisotopic (exact) mass is 573 g/mol. The fourth-order valence-electron chi connectivity index (χ4n) is 5.28. The van der Waals surface area contributed by atoms with E-state index < -0.39 is 10.0 Å². The van der Waals surface area contributed by atoms with Crippen LogP contribution in [0.3, 0.4) is 0 Å². The van der Waals surface area contributed by atoms with Crippen LogP contribution < -0.4 is 0 Å². The fourth-order valence-corrected chi connectivity index (χ4v) is 6.79. The van der Waals surface area contributed by atoms with Crippen molar-refractivity contribution in [3.63, 3.8) is 0 Å². The van der Waals surface area contributed by atoms with Crippen LogP contribution in [0.25, 0.3) is 11.4 Å². The van der Waals surface area contributed by atoms with Crippen LogP contribution in [0.4, 0.5) is 0 Å². The molecule has 5 rings (SSSR count). The van der Waals surface area contributed by atoms with Gasteiger partial charge in [-0.05, 0) is 68.1 Å². The summed E-state index contributed by atoms with van der Waals surface area (Å²) in [4.78, 5) is 24.4. The summed E-state index contributed by atoms with van der Waals surface area (Å²) < 4.78 is 30.8. The van der Waals surface area contributed by atoms with Crippen LogP contribution >= 0.6 is 0 Å². The van der Waals surface area contributed by atoms with Gasteiger partial charge in [0.2, 0.25) is 15.9 Å². The molecular formula is C30H35N7O3S. The van der Waals surface area contributed by atoms with Gasteiger partial charge in [0.1, 0.15) is 5.82 Å². The van der Waals surface area contributed by atoms with Crippen LogP contribution in [0.15, 0.2) is 84.3 Å². The van der Waals surface area contributed by atoms with Crippen LogP contribution in [-0.2, 0) is 34.3 Å². The van der Waals surface area contributed by atoms with E-state index in [1.165, 1.54) is 4.31 Å². The maximum atomic E-state index is 13.9. The molecule has 0 aliphatic carbocycles. The summed E-state index contributed by atoms with van der Waals surface area (Å²) in [6.07, 6.45) is 9.06. The number of sulfonamides is 1. The zero-order valence-electron chi connectivity index (χ0n) is 23.2. The van der Waals surface area contributed by atoms with E-state index in [0.29, 0.717) is 63.5 Å². The van der Waals surface area contributed by atoms with E-state index in [-0.39, 0.29) is 23.3 Å². The number of carbonyl (C=O) groups is 1. The molecule has 1 aliphatic heterocycles. The SMILES string of the molecule is CCN(Cc1ccncc1)C(=O)C1CCCN(S(=O)(=O)c2ccccc2)CCc2nnc(-c3cccnc3)n2CC1. The van der Waals surface area contributed by atoms with Crippen molar-refractivity contribution < 1.29 is 13.2 Å². The van der Waals surface area contributed by atoms with Gasteiger partial charge < -0.3 is 9.47 Å². The molecule has 41 heavy (non-hydrogen) atoms. The summed E-state index contributed by atoms with van der Waals surface area (Å²) in [6.45, 7) is 4.19. The predicted octanol–water partition coefficient (Wildman–Crippen LogP) is 3.82. The topological polar surface area (TPSA) is 114 Å². The number of aromatic nitrogens is 5. The Morgan fingerprint density at radius 2 is 1.73 bits per heavy atom. The van der Waals surface area contributed by atoms with Crippen molar-refractivity contribution in [1.82, 2.24) is 33.9 Å². The molecule has 1 atom stereocenters. The fraction of sp³-hybridized carbons (Fsp3) is 0.367. The molecule has 0 radical (unpaired) electrons. The predicted molar refractivity (Wildman–Crippen MR) is 155 cm³/mol. The highest BCUT2D eigenvalue weighted by molar-refractivity contribution is 7.89. The first-order valence-electron chi connectivity index (χ1n) is 14.0. The lowest BCUT2D eigenvalue weighted by atomic mass is 9.97. The first-order chi connectivity index (χ1) is 20.0. The van der Waals surface area contributed by atoms with Crippen LogP contribution in [0.2, 0.25) is 0 Å². The minimum atomic E-state index is -3.72. The van der Waals surface area contributed by atoms with Gasteiger partial charge in [0.15, 0.2) is 5.82 Å². The minimum absolute atomic E-state index is 0.0681. The second kappa shape index (κ2) is 13.1. The minimum Gasteiger partial charge on any atom is -0.338 e. The van der Waals surface area contributed by atoms with E-state index >= 15 is 0 Å². The molecule has 4 aromatic rings. The molecular weight excluding hydrogens is 538 g/mol. The van der Waals surface area contributed by atoms with E-state index in [1.54, 1.807) is 55.1 Å². The van der Waals surface area contributed by atoms with E-state index in [4.69, 9.17) is 0 Å². The zero-order chi connectivity index (χ0) is 28.7. The summed E-state index contributed by atoms with van der Waals surface area (Å²) in [5.74, 6) is 1.14. The molecule has 0 spiro atoms. The molecule has 214 valence electrons. The first-order valence-corrected chi connectivity index (χ1v) is 15.5. The highest BCUT2D eigenvalue weighted by Gasteiger charge is 2.29. The highest BCUT2D eigenvalue weighted by Crippen LogP contribution is 2.25. The summed E-state index contributed by atoms with van der Waals surface area (Å²) in [7, 11) is -3.72. The Hall–Kier alpha value is -3.96. The Morgan fingerprint density at radius 1 is 0.927 bits per heavy atom. The summed E-state index contributed by atoms with van der Waals surface area (Å²) in [5, 5.41) is 8.93. The quantitative estimate of drug-likeness (QED) is 0.330. The molecule has 3 aromatic heterocycles. The molecule has 1 unspecified atom stereocenters. The van der Waals surface area contributed by atoms with Gasteiger partial charge in [-0.2, -0.15) is 4.31 Å². The van der Waals surface area contributed by atoms with E-state index in [2.05, 4.69) is 20.2 Å². The van der Waals surface area contributed by atoms with Crippen LogP contribution in [0, 0.1) is 5.92 Å². The lowest BCUT2D eigenvalue weighted by Crippen LogP contribution is -2.37. The maximum Gasteiger partial charge on any atom is 0.243 e. The zero-order valence-corrected chi connectivity index (χ0v) is 24.0. The first kappa shape index (κ1) is 28.6. The number of carbonyl (C=O) groups excluding carboxylic acids is 1. The van der Waals surface area contributed by atoms with Crippen LogP contribution in [-0.4, -0.2) is 67.9 Å². The van der Waals surface area contributed by atoms with Crippen molar-refractivity contribution in [1.29, 1.82) is 0 Å². The molecule has 1 amide bonds. The number of nitrogens with zero attached hydrogens (tertiary/aromatic N) is 7. The highest BCUT2D eigenvalue weighted by atomic mass is 32.2. The standard InChI is InChI=1S/C30H35N7O3S/c1-2-35(23-24-12-17-31-18-13-24)30(38)25-9-7-19-36(41(39,40)27-10-4-3-5-11-27)20-15-28-33-34-29(37(28)21-14-25)26-8-6-16-32-22-26/h3-6,8,10-13,16-18,22,25H,2,7,9,14-15,19-21,23H2,1H3. The van der Waals surface area contributed by atoms with Gasteiger partial charge in [-0.3, -0.25) is 14.8 Å². The van der Waals surface area contributed by atoms with Gasteiger partial charge in [-0.1, -0.05) is 18.2 Å². The number of hydrogen-bond donors (Lipinski definition) is 0. The average molecular weight is 574 g/mol. The molecule has 0 saturated heterocycles. The third kappa shape index (κ3) is 6.68. The Morgan fingerprint density at radius 3 is 2.46 bits per heavy atom. The molecule has 11 heteroatoms. The molecule has 1 aromatic carbocycles. The number of benzene rings is 1. The second-order valence-electron chi connectivity index (χ2n) is 10.1. The van der Waals surface area contributed by atoms with Crippen molar-refractivity contribution in [2.45, 2.75) is 50.6 Å². The number of rotatable bonds is 7. The number of fused-ring (bicyclic) bond motifs is 1. The van der Waals surface area contributed by atoms with Crippen molar-refractivity contribution >= 4 is 15.9 Å². The van der Waals surface area contributed by atoms with Crippen LogP contribution in [0.1, 0.15) is 37.6 Å². The molecule has 4 heterocycles. The van der Waals surface area contributed by atoms with E-state index in [1.807, 2.05) is 40.7 Å². The van der Waals surface area contributed by atoms with E-state index in [0.717, 1.165) is 11.1 Å². The summed E-state index contributed by atoms with van der Waals surface area (Å²) >= 11 is 0. The van der Waals surface area contributed by atoms with Crippen LogP contribution in [0.5, 0.6) is 0 Å². The third-order valence-corrected chi connectivity index (χ3v) is 9.45. The van der Waals surface area contributed by atoms with Crippen molar-refractivity contribution in [3.8, 4) is 11.4 Å². The Labute approximate surface area is 241 Å². The lowest BCUT2D eigenvalue weighted by Gasteiger charge is -2.27. The molecule has 0 N–H and O–H groups in total. The van der Waals surface area contributed by atoms with Gasteiger partial charge in [0.05, 0.1) is 4.90 Å². The van der Waals surface area contributed by atoms with E-state index in [9.17, 15) is 13.2 Å². The van der Waals surface area contributed by atoms with Crippen molar-refractivity contribution in [3.05, 3.63) is 90.8 Å². The van der Waals surface area contributed by atoms with Gasteiger partial charge in [-0.15, -0.1) is 10.2 Å². The third-order valence-electron chi connectivity index (χ3n) is 7.54.